The number of aromatic nitrogens is 5. The van der Waals surface area contributed by atoms with Crippen LogP contribution in [0.5, 0.6) is 0 Å². The normalized spacial score (nSPS) is 11.9. The Morgan fingerprint density at radius 3 is 1.58 bits per heavy atom. The summed E-state index contributed by atoms with van der Waals surface area (Å²) in [7, 11) is 0. The molecule has 0 unspecified atom stereocenters. The number of hydrogen-bond acceptors (Lipinski definition) is 4. The zero-order valence-corrected chi connectivity index (χ0v) is 30.5. The lowest BCUT2D eigenvalue weighted by molar-refractivity contribution is 0.669. The van der Waals surface area contributed by atoms with Crippen LogP contribution in [0.2, 0.25) is 0 Å². The number of fused-ring (bicyclic) bond motifs is 10. The summed E-state index contributed by atoms with van der Waals surface area (Å²) in [5.41, 5.74) is 11.1. The zero-order valence-electron chi connectivity index (χ0n) is 30.5. The Bertz CT molecular complexity index is 3510. The van der Waals surface area contributed by atoms with Crippen molar-refractivity contribution in [1.82, 2.24) is 24.1 Å². The van der Waals surface area contributed by atoms with Gasteiger partial charge in [-0.15, -0.1) is 0 Å². The van der Waals surface area contributed by atoms with E-state index in [0.717, 1.165) is 82.5 Å². The molecule has 57 heavy (non-hydrogen) atoms. The molecular weight excluding hydrogens is 699 g/mol. The fraction of sp³-hybridized carbons (Fsp3) is 0. The third kappa shape index (κ3) is 4.87. The van der Waals surface area contributed by atoms with Crippen molar-refractivity contribution >= 4 is 65.6 Å². The quantitative estimate of drug-likeness (QED) is 0.177. The summed E-state index contributed by atoms with van der Waals surface area (Å²) in [6, 6.07) is 65.5. The Morgan fingerprint density at radius 1 is 0.333 bits per heavy atom. The average Bonchev–Trinajstić information content (AvgIpc) is 3.94. The van der Waals surface area contributed by atoms with E-state index in [9.17, 15) is 0 Å². The van der Waals surface area contributed by atoms with E-state index in [0.29, 0.717) is 17.6 Å². The lowest BCUT2D eigenvalue weighted by Crippen LogP contribution is -2.07. The first-order chi connectivity index (χ1) is 28.3. The van der Waals surface area contributed by atoms with E-state index in [1.54, 1.807) is 0 Å². The van der Waals surface area contributed by atoms with Crippen molar-refractivity contribution in [1.29, 1.82) is 0 Å². The van der Waals surface area contributed by atoms with Crippen molar-refractivity contribution in [2.75, 3.05) is 0 Å². The molecule has 4 heterocycles. The summed E-state index contributed by atoms with van der Waals surface area (Å²) in [6.45, 7) is 0. The van der Waals surface area contributed by atoms with Gasteiger partial charge in [-0.25, -0.2) is 4.98 Å². The van der Waals surface area contributed by atoms with E-state index < -0.39 is 0 Å². The summed E-state index contributed by atoms with van der Waals surface area (Å²) >= 11 is 0. The van der Waals surface area contributed by atoms with Crippen LogP contribution < -0.4 is 0 Å². The maximum atomic E-state index is 6.49. The van der Waals surface area contributed by atoms with Crippen molar-refractivity contribution in [2.45, 2.75) is 0 Å². The van der Waals surface area contributed by atoms with Gasteiger partial charge in [-0.3, -0.25) is 4.57 Å². The highest BCUT2D eigenvalue weighted by molar-refractivity contribution is 6.23. The predicted octanol–water partition coefficient (Wildman–Crippen LogP) is 13.0. The molecule has 0 atom stereocenters. The van der Waals surface area contributed by atoms with E-state index in [1.165, 1.54) is 10.9 Å². The maximum absolute atomic E-state index is 6.49. The van der Waals surface area contributed by atoms with E-state index in [-0.39, 0.29) is 0 Å². The second-order valence-corrected chi connectivity index (χ2v) is 14.4. The van der Waals surface area contributed by atoms with Gasteiger partial charge in [0.2, 0.25) is 5.95 Å². The van der Waals surface area contributed by atoms with Crippen LogP contribution >= 0.6 is 0 Å². The lowest BCUT2D eigenvalue weighted by Gasteiger charge is -2.13. The lowest BCUT2D eigenvalue weighted by atomic mass is 10.0. The molecule has 0 amide bonds. The van der Waals surface area contributed by atoms with Crippen LogP contribution in [0.25, 0.3) is 111 Å². The van der Waals surface area contributed by atoms with Crippen LogP contribution in [0.3, 0.4) is 0 Å². The van der Waals surface area contributed by atoms with Crippen molar-refractivity contribution in [3.8, 4) is 45.5 Å². The molecular formula is C51H31N5O. The molecule has 0 aliphatic heterocycles. The summed E-state index contributed by atoms with van der Waals surface area (Å²) in [5, 5.41) is 6.71. The summed E-state index contributed by atoms with van der Waals surface area (Å²) in [4.78, 5) is 15.8. The van der Waals surface area contributed by atoms with Gasteiger partial charge in [0.15, 0.2) is 11.6 Å². The third-order valence-electron chi connectivity index (χ3n) is 11.2. The van der Waals surface area contributed by atoms with E-state index in [1.807, 2.05) is 36.4 Å². The fourth-order valence-corrected chi connectivity index (χ4v) is 8.59. The highest BCUT2D eigenvalue weighted by atomic mass is 16.3. The summed E-state index contributed by atoms with van der Waals surface area (Å²) in [5.74, 6) is 1.70. The Morgan fingerprint density at radius 2 is 0.877 bits per heavy atom. The molecule has 0 saturated carbocycles. The molecule has 0 N–H and O–H groups in total. The molecule has 0 aliphatic rings. The Labute approximate surface area is 326 Å². The highest BCUT2D eigenvalue weighted by Gasteiger charge is 2.23. The first-order valence-corrected chi connectivity index (χ1v) is 19.1. The second-order valence-electron chi connectivity index (χ2n) is 14.4. The first kappa shape index (κ1) is 31.5. The monoisotopic (exact) mass is 729 g/mol. The molecule has 6 heteroatoms. The van der Waals surface area contributed by atoms with Crippen LogP contribution in [0.1, 0.15) is 0 Å². The van der Waals surface area contributed by atoms with Gasteiger partial charge in [-0.2, -0.15) is 9.97 Å². The number of furan rings is 1. The maximum Gasteiger partial charge on any atom is 0.238 e. The van der Waals surface area contributed by atoms with Gasteiger partial charge in [0.25, 0.3) is 0 Å². The van der Waals surface area contributed by atoms with Crippen molar-refractivity contribution in [3.63, 3.8) is 0 Å². The molecule has 0 fully saturated rings. The minimum atomic E-state index is 0.541. The second kappa shape index (κ2) is 12.3. The van der Waals surface area contributed by atoms with E-state index in [2.05, 4.69) is 161 Å². The smallest absolute Gasteiger partial charge is 0.238 e. The van der Waals surface area contributed by atoms with Crippen LogP contribution in [-0.2, 0) is 0 Å². The van der Waals surface area contributed by atoms with Gasteiger partial charge in [0, 0.05) is 49.1 Å². The number of rotatable bonds is 5. The molecule has 12 aromatic rings. The van der Waals surface area contributed by atoms with Crippen molar-refractivity contribution in [3.05, 3.63) is 188 Å². The molecule has 8 aromatic carbocycles. The average molecular weight is 730 g/mol. The van der Waals surface area contributed by atoms with Gasteiger partial charge in [-0.1, -0.05) is 140 Å². The minimum absolute atomic E-state index is 0.541. The van der Waals surface area contributed by atoms with Gasteiger partial charge >= 0.3 is 0 Å². The van der Waals surface area contributed by atoms with Crippen molar-refractivity contribution < 1.29 is 4.42 Å². The third-order valence-corrected chi connectivity index (χ3v) is 11.2. The number of benzene rings is 8. The topological polar surface area (TPSA) is 61.7 Å². The number of hydrogen-bond donors (Lipinski definition) is 0. The van der Waals surface area contributed by atoms with Gasteiger partial charge in [0.1, 0.15) is 11.2 Å². The molecule has 4 aromatic heterocycles. The molecule has 6 nitrogen and oxygen atoms in total. The predicted molar refractivity (Wildman–Crippen MR) is 232 cm³/mol. The standard InChI is InChI=1S/C51H31N5O/c1-4-14-32(15-5-1)34-25-29-45-42(30-34)39-26-24-35(31-46(39)57-45)50-52-49(33-16-6-2-7-17-33)53-51(54-50)56-44-23-13-11-21-38(44)41-28-27-40-37-20-10-12-22-43(37)55(47(40)48(41)56)36-18-8-3-9-19-36/h1-31H. The van der Waals surface area contributed by atoms with Crippen LogP contribution in [0, 0.1) is 0 Å². The SMILES string of the molecule is c1ccc(-c2ccc3oc4cc(-c5nc(-c6ccccc6)nc(-n6c7ccccc7c7ccc8c9ccccc9n(-c9ccccc9)c8c76)n5)ccc4c3c2)cc1. The summed E-state index contributed by atoms with van der Waals surface area (Å²) in [6.07, 6.45) is 0. The highest BCUT2D eigenvalue weighted by Crippen LogP contribution is 2.42. The Hall–Kier alpha value is -7.83. The Kier molecular flexibility index (Phi) is 6.83. The molecule has 266 valence electrons. The van der Waals surface area contributed by atoms with Gasteiger partial charge in [-0.05, 0) is 59.7 Å². The van der Waals surface area contributed by atoms with Gasteiger partial charge in [0.05, 0.1) is 22.1 Å². The molecule has 0 radical (unpaired) electrons. The van der Waals surface area contributed by atoms with Crippen LogP contribution in [0.15, 0.2) is 192 Å². The largest absolute Gasteiger partial charge is 0.456 e. The molecule has 12 rings (SSSR count). The molecule has 0 aliphatic carbocycles. The summed E-state index contributed by atoms with van der Waals surface area (Å²) < 4.78 is 11.1. The minimum Gasteiger partial charge on any atom is -0.456 e. The zero-order chi connectivity index (χ0) is 37.5. The Balaban J connectivity index is 1.14. The number of nitrogens with zero attached hydrogens (tertiary/aromatic N) is 5. The molecule has 0 spiro atoms. The number of para-hydroxylation sites is 3. The molecule has 0 saturated heterocycles. The first-order valence-electron chi connectivity index (χ1n) is 19.1. The van der Waals surface area contributed by atoms with Crippen molar-refractivity contribution in [2.24, 2.45) is 0 Å². The molecule has 0 bridgehead atoms. The van der Waals surface area contributed by atoms with Crippen LogP contribution in [0.4, 0.5) is 0 Å². The fourth-order valence-electron chi connectivity index (χ4n) is 8.59. The van der Waals surface area contributed by atoms with Crippen LogP contribution in [-0.4, -0.2) is 24.1 Å². The van der Waals surface area contributed by atoms with Gasteiger partial charge < -0.3 is 8.98 Å². The van der Waals surface area contributed by atoms with E-state index >= 15 is 0 Å². The van der Waals surface area contributed by atoms with E-state index in [4.69, 9.17) is 19.4 Å².